The number of rotatable bonds is 4. The number of aliphatic hydroxyl groups is 1. The number of unbranched alkanes of at least 4 members (excludes halogenated alkanes) is 2. The van der Waals surface area contributed by atoms with Gasteiger partial charge in [-0.3, -0.25) is 4.79 Å². The average Bonchev–Trinajstić information content (AvgIpc) is 2.04. The highest BCUT2D eigenvalue weighted by Crippen LogP contribution is 2.22. The zero-order valence-corrected chi connectivity index (χ0v) is 8.31. The van der Waals surface area contributed by atoms with Crippen molar-refractivity contribution in [1.82, 2.24) is 5.32 Å². The molecule has 0 spiro atoms. The molecule has 1 atom stereocenters. The summed E-state index contributed by atoms with van der Waals surface area (Å²) in [5.74, 6) is -0.00903. The summed E-state index contributed by atoms with van der Waals surface area (Å²) >= 11 is 0. The topological polar surface area (TPSA) is 49.3 Å². The van der Waals surface area contributed by atoms with Gasteiger partial charge in [0.15, 0.2) is 0 Å². The van der Waals surface area contributed by atoms with Gasteiger partial charge in [0.1, 0.15) is 5.72 Å². The lowest BCUT2D eigenvalue weighted by atomic mass is 9.95. The van der Waals surface area contributed by atoms with E-state index in [9.17, 15) is 9.90 Å². The van der Waals surface area contributed by atoms with Crippen molar-refractivity contribution in [2.24, 2.45) is 0 Å². The van der Waals surface area contributed by atoms with Crippen molar-refractivity contribution >= 4 is 5.91 Å². The second kappa shape index (κ2) is 4.61. The van der Waals surface area contributed by atoms with Crippen LogP contribution in [0.1, 0.15) is 51.9 Å². The Morgan fingerprint density at radius 3 is 2.92 bits per heavy atom. The highest BCUT2D eigenvalue weighted by atomic mass is 16.3. The standard InChI is InChI=1S/C10H19NO2/c1-2-3-4-7-10(13)8-5-6-9(12)11-10/h13H,2-8H2,1H3,(H,11,12). The van der Waals surface area contributed by atoms with Crippen LogP contribution >= 0.6 is 0 Å². The molecule has 1 saturated heterocycles. The number of carbonyl (C=O) groups is 1. The summed E-state index contributed by atoms with van der Waals surface area (Å²) in [6.45, 7) is 2.13. The Morgan fingerprint density at radius 2 is 2.31 bits per heavy atom. The molecule has 1 aliphatic heterocycles. The first-order valence-electron chi connectivity index (χ1n) is 5.20. The molecule has 76 valence electrons. The van der Waals surface area contributed by atoms with E-state index in [0.717, 1.165) is 25.7 Å². The summed E-state index contributed by atoms with van der Waals surface area (Å²) in [5, 5.41) is 12.6. The Bertz CT molecular complexity index is 182. The fraction of sp³-hybridized carbons (Fsp3) is 0.900. The van der Waals surface area contributed by atoms with Crippen molar-refractivity contribution in [3.8, 4) is 0 Å². The second-order valence-electron chi connectivity index (χ2n) is 3.89. The van der Waals surface area contributed by atoms with Crippen molar-refractivity contribution < 1.29 is 9.90 Å². The molecule has 3 heteroatoms. The van der Waals surface area contributed by atoms with Crippen molar-refractivity contribution in [2.75, 3.05) is 0 Å². The maximum absolute atomic E-state index is 11.0. The molecule has 0 aliphatic carbocycles. The predicted molar refractivity (Wildman–Crippen MR) is 51.1 cm³/mol. The van der Waals surface area contributed by atoms with Gasteiger partial charge in [-0.05, 0) is 25.7 Å². The minimum atomic E-state index is -0.898. The number of hydrogen-bond donors (Lipinski definition) is 2. The minimum Gasteiger partial charge on any atom is -0.371 e. The SMILES string of the molecule is CCCCCC1(O)CCCC(=O)N1. The number of amides is 1. The molecule has 1 fully saturated rings. The fourth-order valence-corrected chi connectivity index (χ4v) is 1.78. The van der Waals surface area contributed by atoms with E-state index in [-0.39, 0.29) is 5.91 Å². The number of carbonyl (C=O) groups excluding carboxylic acids is 1. The van der Waals surface area contributed by atoms with Crippen molar-refractivity contribution in [3.63, 3.8) is 0 Å². The smallest absolute Gasteiger partial charge is 0.222 e. The van der Waals surface area contributed by atoms with Gasteiger partial charge in [0.2, 0.25) is 5.91 Å². The Hall–Kier alpha value is -0.570. The van der Waals surface area contributed by atoms with E-state index in [1.807, 2.05) is 0 Å². The lowest BCUT2D eigenvalue weighted by Gasteiger charge is -2.33. The monoisotopic (exact) mass is 185 g/mol. The molecule has 1 heterocycles. The lowest BCUT2D eigenvalue weighted by molar-refractivity contribution is -0.134. The van der Waals surface area contributed by atoms with Gasteiger partial charge in [-0.1, -0.05) is 19.8 Å². The van der Waals surface area contributed by atoms with Crippen LogP contribution in [-0.4, -0.2) is 16.7 Å². The van der Waals surface area contributed by atoms with Crippen molar-refractivity contribution in [2.45, 2.75) is 57.6 Å². The van der Waals surface area contributed by atoms with Crippen LogP contribution in [0.25, 0.3) is 0 Å². The maximum atomic E-state index is 11.0. The van der Waals surface area contributed by atoms with E-state index in [1.165, 1.54) is 0 Å². The first kappa shape index (κ1) is 10.5. The van der Waals surface area contributed by atoms with Crippen LogP contribution < -0.4 is 5.32 Å². The van der Waals surface area contributed by atoms with E-state index in [4.69, 9.17) is 0 Å². The van der Waals surface area contributed by atoms with Gasteiger partial charge < -0.3 is 10.4 Å². The minimum absolute atomic E-state index is 0.00903. The number of nitrogens with one attached hydrogen (secondary N) is 1. The molecule has 1 amide bonds. The van der Waals surface area contributed by atoms with Crippen LogP contribution in [0.5, 0.6) is 0 Å². The van der Waals surface area contributed by atoms with E-state index >= 15 is 0 Å². The summed E-state index contributed by atoms with van der Waals surface area (Å²) in [5.41, 5.74) is -0.898. The third kappa shape index (κ3) is 3.35. The Kier molecular flexibility index (Phi) is 3.72. The Labute approximate surface area is 79.5 Å². The van der Waals surface area contributed by atoms with Gasteiger partial charge in [0.05, 0.1) is 0 Å². The summed E-state index contributed by atoms with van der Waals surface area (Å²) in [6.07, 6.45) is 6.05. The van der Waals surface area contributed by atoms with Crippen LogP contribution in [0.2, 0.25) is 0 Å². The van der Waals surface area contributed by atoms with Gasteiger partial charge in [0.25, 0.3) is 0 Å². The van der Waals surface area contributed by atoms with Crippen LogP contribution in [0.3, 0.4) is 0 Å². The molecule has 0 aromatic rings. The zero-order valence-electron chi connectivity index (χ0n) is 8.31. The van der Waals surface area contributed by atoms with Gasteiger partial charge >= 0.3 is 0 Å². The first-order valence-corrected chi connectivity index (χ1v) is 5.20. The van der Waals surface area contributed by atoms with Crippen LogP contribution in [-0.2, 0) is 4.79 Å². The van der Waals surface area contributed by atoms with Crippen LogP contribution in [0.4, 0.5) is 0 Å². The van der Waals surface area contributed by atoms with E-state index in [0.29, 0.717) is 19.3 Å². The molecule has 1 unspecified atom stereocenters. The summed E-state index contributed by atoms with van der Waals surface area (Å²) in [6, 6.07) is 0. The maximum Gasteiger partial charge on any atom is 0.222 e. The molecule has 2 N–H and O–H groups in total. The molecule has 0 aromatic carbocycles. The highest BCUT2D eigenvalue weighted by Gasteiger charge is 2.31. The molecular weight excluding hydrogens is 166 g/mol. The highest BCUT2D eigenvalue weighted by molar-refractivity contribution is 5.77. The summed E-state index contributed by atoms with van der Waals surface area (Å²) in [7, 11) is 0. The average molecular weight is 185 g/mol. The van der Waals surface area contributed by atoms with Crippen LogP contribution in [0, 0.1) is 0 Å². The summed E-state index contributed by atoms with van der Waals surface area (Å²) < 4.78 is 0. The third-order valence-electron chi connectivity index (χ3n) is 2.56. The number of piperidine rings is 1. The molecule has 3 nitrogen and oxygen atoms in total. The van der Waals surface area contributed by atoms with E-state index in [1.54, 1.807) is 0 Å². The van der Waals surface area contributed by atoms with Gasteiger partial charge in [-0.15, -0.1) is 0 Å². The molecule has 0 radical (unpaired) electrons. The van der Waals surface area contributed by atoms with Crippen molar-refractivity contribution in [3.05, 3.63) is 0 Å². The van der Waals surface area contributed by atoms with E-state index < -0.39 is 5.72 Å². The van der Waals surface area contributed by atoms with E-state index in [2.05, 4.69) is 12.2 Å². The normalized spacial score (nSPS) is 28.6. The molecular formula is C10H19NO2. The molecule has 0 bridgehead atoms. The predicted octanol–water partition coefficient (Wildman–Crippen LogP) is 1.56. The Balaban J connectivity index is 2.31. The third-order valence-corrected chi connectivity index (χ3v) is 2.56. The quantitative estimate of drug-likeness (QED) is 0.653. The molecule has 0 aromatic heterocycles. The first-order chi connectivity index (χ1) is 6.16. The van der Waals surface area contributed by atoms with Gasteiger partial charge in [0, 0.05) is 6.42 Å². The molecule has 1 rings (SSSR count). The number of hydrogen-bond acceptors (Lipinski definition) is 2. The van der Waals surface area contributed by atoms with Gasteiger partial charge in [-0.25, -0.2) is 0 Å². The zero-order chi connectivity index (χ0) is 9.73. The molecule has 1 aliphatic rings. The van der Waals surface area contributed by atoms with Crippen molar-refractivity contribution in [1.29, 1.82) is 0 Å². The molecule has 0 saturated carbocycles. The summed E-state index contributed by atoms with van der Waals surface area (Å²) in [4.78, 5) is 11.0. The lowest BCUT2D eigenvalue weighted by Crippen LogP contribution is -2.51. The second-order valence-corrected chi connectivity index (χ2v) is 3.89. The largest absolute Gasteiger partial charge is 0.371 e. The Morgan fingerprint density at radius 1 is 1.54 bits per heavy atom. The van der Waals surface area contributed by atoms with Crippen LogP contribution in [0.15, 0.2) is 0 Å². The van der Waals surface area contributed by atoms with Gasteiger partial charge in [-0.2, -0.15) is 0 Å². The fourth-order valence-electron chi connectivity index (χ4n) is 1.78. The molecule has 13 heavy (non-hydrogen) atoms.